The molecule has 0 bridgehead atoms. The summed E-state index contributed by atoms with van der Waals surface area (Å²) in [5.74, 6) is 0.946. The standard InChI is InChI=1S/C23H26Cl2N4O3S.ClH/c24-19-3-1-4-20(22(19)25)33(31,32)29-14-2-13-28(15-16-29)21(30)10-7-17-5-8-18(9-6-17)23-26-11-12-27-23;/h1,3-6,8-9H,2,7,10-16H2,(H,26,27);1H. The van der Waals surface area contributed by atoms with E-state index < -0.39 is 10.0 Å². The Balaban J connectivity index is 0.00000324. The van der Waals surface area contributed by atoms with Crippen molar-refractivity contribution in [3.8, 4) is 0 Å². The van der Waals surface area contributed by atoms with Gasteiger partial charge in [-0.1, -0.05) is 53.5 Å². The molecule has 0 radical (unpaired) electrons. The summed E-state index contributed by atoms with van der Waals surface area (Å²) in [6.07, 6.45) is 1.58. The molecule has 2 aromatic rings. The van der Waals surface area contributed by atoms with Gasteiger partial charge in [0.25, 0.3) is 0 Å². The van der Waals surface area contributed by atoms with Crippen LogP contribution in [0.1, 0.15) is 24.0 Å². The minimum Gasteiger partial charge on any atom is -0.368 e. The van der Waals surface area contributed by atoms with Crippen molar-refractivity contribution >= 4 is 57.4 Å². The van der Waals surface area contributed by atoms with Crippen LogP contribution in [0.25, 0.3) is 0 Å². The predicted molar refractivity (Wildman–Crippen MR) is 138 cm³/mol. The molecule has 1 fully saturated rings. The van der Waals surface area contributed by atoms with Crippen LogP contribution in [0.5, 0.6) is 0 Å². The highest BCUT2D eigenvalue weighted by Crippen LogP contribution is 2.31. The van der Waals surface area contributed by atoms with Gasteiger partial charge in [0.15, 0.2) is 0 Å². The van der Waals surface area contributed by atoms with Gasteiger partial charge in [-0.05, 0) is 30.5 Å². The molecule has 0 spiro atoms. The average molecular weight is 546 g/mol. The van der Waals surface area contributed by atoms with Crippen molar-refractivity contribution in [3.63, 3.8) is 0 Å². The summed E-state index contributed by atoms with van der Waals surface area (Å²) in [5, 5.41) is 3.48. The molecule has 0 aliphatic carbocycles. The SMILES string of the molecule is Cl.O=C(CCc1ccc(C2=NCCN2)cc1)N1CCCN(S(=O)(=O)c2cccc(Cl)c2Cl)CC1. The van der Waals surface area contributed by atoms with Crippen LogP contribution in [0.15, 0.2) is 52.4 Å². The number of rotatable bonds is 6. The van der Waals surface area contributed by atoms with Gasteiger partial charge in [-0.3, -0.25) is 9.79 Å². The largest absolute Gasteiger partial charge is 0.368 e. The number of carbonyl (C=O) groups is 1. The minimum atomic E-state index is -3.79. The van der Waals surface area contributed by atoms with Crippen molar-refractivity contribution in [3.05, 3.63) is 63.6 Å². The van der Waals surface area contributed by atoms with Gasteiger partial charge in [-0.2, -0.15) is 4.31 Å². The van der Waals surface area contributed by atoms with Crippen LogP contribution in [0.3, 0.4) is 0 Å². The topological polar surface area (TPSA) is 82.1 Å². The fourth-order valence-electron chi connectivity index (χ4n) is 4.04. The van der Waals surface area contributed by atoms with Crippen molar-refractivity contribution in [1.29, 1.82) is 0 Å². The van der Waals surface area contributed by atoms with Crippen molar-refractivity contribution < 1.29 is 13.2 Å². The maximum Gasteiger partial charge on any atom is 0.244 e. The summed E-state index contributed by atoms with van der Waals surface area (Å²) in [5.41, 5.74) is 2.14. The molecule has 2 heterocycles. The molecule has 4 rings (SSSR count). The second-order valence-electron chi connectivity index (χ2n) is 8.04. The molecule has 2 aliphatic heterocycles. The first-order chi connectivity index (χ1) is 15.9. The van der Waals surface area contributed by atoms with Crippen LogP contribution in [0.4, 0.5) is 0 Å². The normalized spacial score (nSPS) is 16.9. The lowest BCUT2D eigenvalue weighted by atomic mass is 10.1. The maximum atomic E-state index is 13.1. The van der Waals surface area contributed by atoms with E-state index in [1.165, 1.54) is 10.4 Å². The first-order valence-electron chi connectivity index (χ1n) is 11.0. The van der Waals surface area contributed by atoms with E-state index in [0.29, 0.717) is 38.9 Å². The Morgan fingerprint density at radius 2 is 1.79 bits per heavy atom. The van der Waals surface area contributed by atoms with Gasteiger partial charge in [0.05, 0.1) is 16.6 Å². The Morgan fingerprint density at radius 1 is 1.03 bits per heavy atom. The maximum absolute atomic E-state index is 13.1. The molecule has 0 saturated carbocycles. The number of carbonyl (C=O) groups excluding carboxylic acids is 1. The van der Waals surface area contributed by atoms with Crippen LogP contribution in [0, 0.1) is 0 Å². The fourth-order valence-corrected chi connectivity index (χ4v) is 6.24. The molecule has 11 heteroatoms. The van der Waals surface area contributed by atoms with Crippen LogP contribution in [-0.2, 0) is 21.2 Å². The number of hydrogen-bond donors (Lipinski definition) is 1. The number of nitrogens with one attached hydrogen (secondary N) is 1. The number of nitrogens with zero attached hydrogens (tertiary/aromatic N) is 3. The highest BCUT2D eigenvalue weighted by atomic mass is 35.5. The third kappa shape index (κ3) is 6.04. The Morgan fingerprint density at radius 3 is 2.50 bits per heavy atom. The lowest BCUT2D eigenvalue weighted by Crippen LogP contribution is -2.37. The molecule has 2 aliphatic rings. The molecule has 7 nitrogen and oxygen atoms in total. The second kappa shape index (κ2) is 11.7. The van der Waals surface area contributed by atoms with Crippen molar-refractivity contribution in [2.24, 2.45) is 4.99 Å². The van der Waals surface area contributed by atoms with Crippen LogP contribution in [-0.4, -0.2) is 68.6 Å². The molecule has 1 amide bonds. The summed E-state index contributed by atoms with van der Waals surface area (Å²) < 4.78 is 27.6. The number of halogens is 3. The molecule has 0 aromatic heterocycles. The zero-order chi connectivity index (χ0) is 23.4. The summed E-state index contributed by atoms with van der Waals surface area (Å²) in [6, 6.07) is 12.7. The van der Waals surface area contributed by atoms with E-state index in [0.717, 1.165) is 30.1 Å². The Hall–Kier alpha value is -1.84. The quantitative estimate of drug-likeness (QED) is 0.601. The van der Waals surface area contributed by atoms with E-state index in [4.69, 9.17) is 23.2 Å². The number of hydrogen-bond acceptors (Lipinski definition) is 5. The van der Waals surface area contributed by atoms with Crippen LogP contribution in [0.2, 0.25) is 10.0 Å². The highest BCUT2D eigenvalue weighted by molar-refractivity contribution is 7.89. The summed E-state index contributed by atoms with van der Waals surface area (Å²) in [7, 11) is -3.79. The summed E-state index contributed by atoms with van der Waals surface area (Å²) in [6.45, 7) is 3.09. The number of amides is 1. The number of aryl methyl sites for hydroxylation is 1. The molecule has 1 N–H and O–H groups in total. The van der Waals surface area contributed by atoms with E-state index in [1.807, 2.05) is 24.3 Å². The molecular weight excluding hydrogens is 519 g/mol. The number of benzene rings is 2. The van der Waals surface area contributed by atoms with Gasteiger partial charge >= 0.3 is 0 Å². The first-order valence-corrected chi connectivity index (χ1v) is 13.2. The van der Waals surface area contributed by atoms with Gasteiger partial charge in [0.1, 0.15) is 10.7 Å². The van der Waals surface area contributed by atoms with Crippen LogP contribution < -0.4 is 5.32 Å². The predicted octanol–water partition coefficient (Wildman–Crippen LogP) is 3.62. The smallest absolute Gasteiger partial charge is 0.244 e. The number of sulfonamides is 1. The van der Waals surface area contributed by atoms with Crippen molar-refractivity contribution in [2.75, 3.05) is 39.3 Å². The van der Waals surface area contributed by atoms with Gasteiger partial charge in [0.2, 0.25) is 15.9 Å². The van der Waals surface area contributed by atoms with Crippen LogP contribution >= 0.6 is 35.6 Å². The summed E-state index contributed by atoms with van der Waals surface area (Å²) in [4.78, 5) is 19.0. The zero-order valence-electron chi connectivity index (χ0n) is 18.5. The molecule has 0 atom stereocenters. The van der Waals surface area contributed by atoms with E-state index in [9.17, 15) is 13.2 Å². The second-order valence-corrected chi connectivity index (χ2v) is 10.7. The molecule has 0 unspecified atom stereocenters. The van der Waals surface area contributed by atoms with E-state index in [1.54, 1.807) is 17.0 Å². The molecule has 184 valence electrons. The van der Waals surface area contributed by atoms with Crippen molar-refractivity contribution in [2.45, 2.75) is 24.2 Å². The van der Waals surface area contributed by atoms with Gasteiger partial charge in [-0.25, -0.2) is 8.42 Å². The molecule has 1 saturated heterocycles. The molecular formula is C23H27Cl3N4O3S. The molecule has 2 aromatic carbocycles. The van der Waals surface area contributed by atoms with E-state index in [-0.39, 0.29) is 39.8 Å². The third-order valence-electron chi connectivity index (χ3n) is 5.87. The highest BCUT2D eigenvalue weighted by Gasteiger charge is 2.30. The minimum absolute atomic E-state index is 0. The average Bonchev–Trinajstić information content (AvgIpc) is 3.23. The lowest BCUT2D eigenvalue weighted by molar-refractivity contribution is -0.131. The molecule has 34 heavy (non-hydrogen) atoms. The Bertz CT molecular complexity index is 1160. The fraction of sp³-hybridized carbons (Fsp3) is 0.391. The third-order valence-corrected chi connectivity index (χ3v) is 8.74. The van der Waals surface area contributed by atoms with Gasteiger partial charge < -0.3 is 10.2 Å². The monoisotopic (exact) mass is 544 g/mol. The zero-order valence-corrected chi connectivity index (χ0v) is 21.7. The van der Waals surface area contributed by atoms with E-state index >= 15 is 0 Å². The number of aliphatic imine (C=N–C) groups is 1. The van der Waals surface area contributed by atoms with Crippen molar-refractivity contribution in [1.82, 2.24) is 14.5 Å². The van der Waals surface area contributed by atoms with Gasteiger partial charge in [-0.15, -0.1) is 12.4 Å². The Kier molecular flexibility index (Phi) is 9.23. The number of amidine groups is 1. The summed E-state index contributed by atoms with van der Waals surface area (Å²) >= 11 is 12.2. The van der Waals surface area contributed by atoms with Gasteiger partial charge in [0, 0.05) is 44.7 Å². The Labute approximate surface area is 216 Å². The lowest BCUT2D eigenvalue weighted by Gasteiger charge is -2.22. The first kappa shape index (κ1) is 26.8. The van der Waals surface area contributed by atoms with E-state index in [2.05, 4.69) is 10.3 Å².